The van der Waals surface area contributed by atoms with Crippen LogP contribution in [-0.2, 0) is 0 Å². The fraction of sp³-hybridized carbons (Fsp3) is 0.500. The Hall–Kier alpha value is -2.32. The van der Waals surface area contributed by atoms with Crippen molar-refractivity contribution in [1.29, 1.82) is 5.26 Å². The third-order valence-electron chi connectivity index (χ3n) is 5.31. The van der Waals surface area contributed by atoms with Gasteiger partial charge in [0.15, 0.2) is 0 Å². The highest BCUT2D eigenvalue weighted by atomic mass is 16.4. The van der Waals surface area contributed by atoms with E-state index in [0.717, 1.165) is 31.2 Å². The van der Waals surface area contributed by atoms with Crippen molar-refractivity contribution in [2.24, 2.45) is 5.92 Å². The van der Waals surface area contributed by atoms with Crippen LogP contribution in [0, 0.1) is 17.2 Å². The SMILES string of the molecule is CC(=Cc1ccc(C#N)cc1)C1CC1NC1CCC(NC(=O)O)CC1. The van der Waals surface area contributed by atoms with Crippen LogP contribution in [0.2, 0.25) is 0 Å². The van der Waals surface area contributed by atoms with E-state index < -0.39 is 6.09 Å². The van der Waals surface area contributed by atoms with Crippen molar-refractivity contribution in [2.75, 3.05) is 0 Å². The van der Waals surface area contributed by atoms with Crippen molar-refractivity contribution in [3.8, 4) is 6.07 Å². The first-order chi connectivity index (χ1) is 12.0. The number of nitrogens with one attached hydrogen (secondary N) is 2. The first kappa shape index (κ1) is 17.5. The molecule has 2 saturated carbocycles. The predicted octanol–water partition coefficient (Wildman–Crippen LogP) is 3.52. The predicted molar refractivity (Wildman–Crippen MR) is 97.0 cm³/mol. The molecule has 2 aliphatic carbocycles. The lowest BCUT2D eigenvalue weighted by Gasteiger charge is -2.29. The highest BCUT2D eigenvalue weighted by Crippen LogP contribution is 2.39. The molecule has 5 heteroatoms. The number of carbonyl (C=O) groups is 1. The third kappa shape index (κ3) is 4.83. The van der Waals surface area contributed by atoms with Crippen LogP contribution in [0.5, 0.6) is 0 Å². The lowest BCUT2D eigenvalue weighted by atomic mass is 9.91. The standard InChI is InChI=1S/C20H25N3O2/c1-13(10-14-2-4-15(12-21)5-3-14)18-11-19(18)22-16-6-8-17(9-7-16)23-20(24)25/h2-5,10,16-19,22-23H,6-9,11H2,1H3,(H,24,25). The van der Waals surface area contributed by atoms with E-state index in [1.807, 2.05) is 24.3 Å². The van der Waals surface area contributed by atoms with E-state index in [-0.39, 0.29) is 6.04 Å². The molecule has 1 amide bonds. The number of benzene rings is 1. The summed E-state index contributed by atoms with van der Waals surface area (Å²) in [6.07, 6.45) is 6.37. The molecule has 2 unspecified atom stereocenters. The summed E-state index contributed by atoms with van der Waals surface area (Å²) in [5, 5.41) is 24.0. The van der Waals surface area contributed by atoms with Crippen LogP contribution in [0.25, 0.3) is 6.08 Å². The summed E-state index contributed by atoms with van der Waals surface area (Å²) >= 11 is 0. The van der Waals surface area contributed by atoms with Crippen LogP contribution in [0.3, 0.4) is 0 Å². The number of carboxylic acid groups (broad SMARTS) is 1. The number of hydrogen-bond donors (Lipinski definition) is 3. The summed E-state index contributed by atoms with van der Waals surface area (Å²) in [5.74, 6) is 0.588. The Morgan fingerprint density at radius 1 is 1.20 bits per heavy atom. The largest absolute Gasteiger partial charge is 0.465 e. The minimum Gasteiger partial charge on any atom is -0.465 e. The van der Waals surface area contributed by atoms with Gasteiger partial charge in [0, 0.05) is 18.1 Å². The van der Waals surface area contributed by atoms with Gasteiger partial charge >= 0.3 is 6.09 Å². The molecule has 3 N–H and O–H groups in total. The van der Waals surface area contributed by atoms with E-state index in [2.05, 4.69) is 29.7 Å². The van der Waals surface area contributed by atoms with E-state index in [1.165, 1.54) is 12.0 Å². The van der Waals surface area contributed by atoms with Gasteiger partial charge in [-0.05, 0) is 62.6 Å². The van der Waals surface area contributed by atoms with E-state index >= 15 is 0 Å². The average molecular weight is 339 g/mol. The number of amides is 1. The monoisotopic (exact) mass is 339 g/mol. The molecular weight excluding hydrogens is 314 g/mol. The molecule has 1 aromatic carbocycles. The zero-order chi connectivity index (χ0) is 17.8. The third-order valence-corrected chi connectivity index (χ3v) is 5.31. The maximum atomic E-state index is 10.7. The Morgan fingerprint density at radius 3 is 2.44 bits per heavy atom. The van der Waals surface area contributed by atoms with Gasteiger partial charge in [0.1, 0.15) is 0 Å². The van der Waals surface area contributed by atoms with Crippen LogP contribution in [-0.4, -0.2) is 29.3 Å². The molecule has 0 bridgehead atoms. The van der Waals surface area contributed by atoms with Crippen molar-refractivity contribution < 1.29 is 9.90 Å². The van der Waals surface area contributed by atoms with Gasteiger partial charge in [-0.15, -0.1) is 0 Å². The van der Waals surface area contributed by atoms with E-state index in [0.29, 0.717) is 23.6 Å². The van der Waals surface area contributed by atoms with Crippen molar-refractivity contribution in [3.05, 3.63) is 41.0 Å². The molecule has 0 saturated heterocycles. The minimum absolute atomic E-state index is 0.114. The van der Waals surface area contributed by atoms with Gasteiger partial charge in [0.2, 0.25) is 0 Å². The average Bonchev–Trinajstić information content (AvgIpc) is 3.36. The summed E-state index contributed by atoms with van der Waals surface area (Å²) < 4.78 is 0. The molecule has 25 heavy (non-hydrogen) atoms. The number of nitrogens with zero attached hydrogens (tertiary/aromatic N) is 1. The van der Waals surface area contributed by atoms with Gasteiger partial charge in [-0.1, -0.05) is 23.8 Å². The van der Waals surface area contributed by atoms with Gasteiger partial charge in [-0.3, -0.25) is 0 Å². The summed E-state index contributed by atoms with van der Waals surface area (Å²) in [5.41, 5.74) is 3.21. The molecule has 2 fully saturated rings. The fourth-order valence-electron chi connectivity index (χ4n) is 3.79. The van der Waals surface area contributed by atoms with Crippen LogP contribution < -0.4 is 10.6 Å². The smallest absolute Gasteiger partial charge is 0.404 e. The lowest BCUT2D eigenvalue weighted by Crippen LogP contribution is -2.42. The molecule has 1 aromatic rings. The second-order valence-corrected chi connectivity index (χ2v) is 7.24. The Labute approximate surface area is 148 Å². The van der Waals surface area contributed by atoms with Gasteiger partial charge < -0.3 is 15.7 Å². The number of rotatable bonds is 5. The van der Waals surface area contributed by atoms with Gasteiger partial charge in [-0.25, -0.2) is 4.79 Å². The zero-order valence-corrected chi connectivity index (χ0v) is 14.5. The zero-order valence-electron chi connectivity index (χ0n) is 14.5. The number of nitriles is 1. The molecule has 132 valence electrons. The van der Waals surface area contributed by atoms with E-state index in [1.54, 1.807) is 0 Å². The van der Waals surface area contributed by atoms with Crippen LogP contribution >= 0.6 is 0 Å². The van der Waals surface area contributed by atoms with Gasteiger partial charge in [0.25, 0.3) is 0 Å². The second-order valence-electron chi connectivity index (χ2n) is 7.24. The maximum Gasteiger partial charge on any atom is 0.404 e. The molecule has 3 rings (SSSR count). The molecule has 0 radical (unpaired) electrons. The summed E-state index contributed by atoms with van der Waals surface area (Å²) in [4.78, 5) is 10.7. The summed E-state index contributed by atoms with van der Waals surface area (Å²) in [7, 11) is 0. The fourth-order valence-corrected chi connectivity index (χ4v) is 3.79. The summed E-state index contributed by atoms with van der Waals surface area (Å²) in [6.45, 7) is 2.18. The van der Waals surface area contributed by atoms with Crippen LogP contribution in [0.15, 0.2) is 29.8 Å². The molecular formula is C20H25N3O2. The van der Waals surface area contributed by atoms with E-state index in [4.69, 9.17) is 10.4 Å². The van der Waals surface area contributed by atoms with Gasteiger partial charge in [-0.2, -0.15) is 5.26 Å². The Morgan fingerprint density at radius 2 is 1.84 bits per heavy atom. The number of hydrogen-bond acceptors (Lipinski definition) is 3. The molecule has 0 heterocycles. The summed E-state index contributed by atoms with van der Waals surface area (Å²) in [6, 6.07) is 11.0. The Balaban J connectivity index is 1.45. The Bertz CT molecular complexity index is 682. The first-order valence-corrected chi connectivity index (χ1v) is 8.99. The van der Waals surface area contributed by atoms with Crippen molar-refractivity contribution in [1.82, 2.24) is 10.6 Å². The molecule has 0 aromatic heterocycles. The normalized spacial score (nSPS) is 28.9. The van der Waals surface area contributed by atoms with Crippen molar-refractivity contribution >= 4 is 12.2 Å². The quantitative estimate of drug-likeness (QED) is 0.766. The highest BCUT2D eigenvalue weighted by molar-refractivity contribution is 5.64. The lowest BCUT2D eigenvalue weighted by molar-refractivity contribution is 0.183. The van der Waals surface area contributed by atoms with Crippen molar-refractivity contribution in [3.63, 3.8) is 0 Å². The van der Waals surface area contributed by atoms with Crippen LogP contribution in [0.4, 0.5) is 4.79 Å². The molecule has 0 spiro atoms. The van der Waals surface area contributed by atoms with Crippen LogP contribution in [0.1, 0.15) is 50.2 Å². The molecule has 5 nitrogen and oxygen atoms in total. The molecule has 2 aliphatic rings. The topological polar surface area (TPSA) is 85.2 Å². The first-order valence-electron chi connectivity index (χ1n) is 8.99. The molecule has 2 atom stereocenters. The Kier molecular flexibility index (Phi) is 5.40. The second kappa shape index (κ2) is 7.71. The van der Waals surface area contributed by atoms with E-state index in [9.17, 15) is 4.79 Å². The van der Waals surface area contributed by atoms with Crippen molar-refractivity contribution in [2.45, 2.75) is 57.2 Å². The molecule has 0 aliphatic heterocycles. The van der Waals surface area contributed by atoms with Gasteiger partial charge in [0.05, 0.1) is 11.6 Å². The minimum atomic E-state index is -0.915. The maximum absolute atomic E-state index is 10.7. The highest BCUT2D eigenvalue weighted by Gasteiger charge is 2.39.